The van der Waals surface area contributed by atoms with Crippen molar-refractivity contribution in [1.82, 2.24) is 14.3 Å². The van der Waals surface area contributed by atoms with Gasteiger partial charge in [-0.2, -0.15) is 4.31 Å². The maximum absolute atomic E-state index is 12.3. The molecule has 8 heteroatoms. The average molecular weight is 361 g/mol. The topological polar surface area (TPSA) is 66.4 Å². The van der Waals surface area contributed by atoms with E-state index in [0.717, 1.165) is 30.3 Å². The van der Waals surface area contributed by atoms with Gasteiger partial charge in [-0.15, -0.1) is 0 Å². The molecular weight excluding hydrogens is 344 g/mol. The minimum atomic E-state index is -3.07. The highest BCUT2D eigenvalue weighted by Gasteiger charge is 2.40. The van der Waals surface area contributed by atoms with Crippen LogP contribution in [0.15, 0.2) is 16.9 Å². The first kappa shape index (κ1) is 14.2. The molecule has 3 rings (SSSR count). The van der Waals surface area contributed by atoms with Crippen LogP contribution in [0.3, 0.4) is 0 Å². The molecule has 6 nitrogen and oxygen atoms in total. The lowest BCUT2D eigenvalue weighted by atomic mass is 10.4. The van der Waals surface area contributed by atoms with Gasteiger partial charge in [0.15, 0.2) is 0 Å². The molecule has 0 spiro atoms. The first-order valence-corrected chi connectivity index (χ1v) is 9.08. The molecule has 2 heterocycles. The molecule has 1 aromatic rings. The van der Waals surface area contributed by atoms with Crippen LogP contribution in [0, 0.1) is 0 Å². The van der Waals surface area contributed by atoms with E-state index < -0.39 is 10.0 Å². The van der Waals surface area contributed by atoms with Crippen LogP contribution in [0.4, 0.5) is 5.95 Å². The van der Waals surface area contributed by atoms with E-state index in [9.17, 15) is 8.42 Å². The van der Waals surface area contributed by atoms with Crippen molar-refractivity contribution in [2.24, 2.45) is 0 Å². The van der Waals surface area contributed by atoms with Crippen molar-refractivity contribution in [3.05, 3.63) is 16.9 Å². The van der Waals surface area contributed by atoms with Crippen LogP contribution in [0.5, 0.6) is 0 Å². The van der Waals surface area contributed by atoms with Crippen molar-refractivity contribution in [1.29, 1.82) is 0 Å². The summed E-state index contributed by atoms with van der Waals surface area (Å²) >= 11 is 3.31. The van der Waals surface area contributed by atoms with Crippen LogP contribution in [-0.2, 0) is 10.0 Å². The molecule has 0 atom stereocenters. The third kappa shape index (κ3) is 2.96. The van der Waals surface area contributed by atoms with Gasteiger partial charge in [-0.1, -0.05) is 0 Å². The zero-order chi connectivity index (χ0) is 14.2. The van der Waals surface area contributed by atoms with Crippen molar-refractivity contribution < 1.29 is 8.42 Å². The van der Waals surface area contributed by atoms with E-state index in [-0.39, 0.29) is 5.25 Å². The largest absolute Gasteiger partial charge is 0.339 e. The van der Waals surface area contributed by atoms with Gasteiger partial charge in [0.25, 0.3) is 0 Å². The summed E-state index contributed by atoms with van der Waals surface area (Å²) in [6.07, 6.45) is 5.87. The van der Waals surface area contributed by atoms with Crippen LogP contribution >= 0.6 is 15.9 Å². The zero-order valence-corrected chi connectivity index (χ0v) is 13.5. The summed E-state index contributed by atoms with van der Waals surface area (Å²) in [7, 11) is -3.07. The van der Waals surface area contributed by atoms with E-state index in [2.05, 4.69) is 30.8 Å². The molecule has 1 aliphatic carbocycles. The van der Waals surface area contributed by atoms with Crippen molar-refractivity contribution >= 4 is 31.9 Å². The van der Waals surface area contributed by atoms with E-state index in [1.54, 1.807) is 16.7 Å². The number of hydrogen-bond donors (Lipinski definition) is 0. The van der Waals surface area contributed by atoms with Crippen molar-refractivity contribution in [3.63, 3.8) is 0 Å². The lowest BCUT2D eigenvalue weighted by Gasteiger charge is -2.21. The molecule has 110 valence electrons. The highest BCUT2D eigenvalue weighted by atomic mass is 79.9. The molecule has 0 radical (unpaired) electrons. The van der Waals surface area contributed by atoms with Crippen LogP contribution in [0.1, 0.15) is 19.3 Å². The second-order valence-corrected chi connectivity index (χ2v) is 8.31. The summed E-state index contributed by atoms with van der Waals surface area (Å²) in [5, 5.41) is -0.127. The van der Waals surface area contributed by atoms with Crippen molar-refractivity contribution in [2.75, 3.05) is 31.1 Å². The summed E-state index contributed by atoms with van der Waals surface area (Å²) in [5.74, 6) is 0.666. The Morgan fingerprint density at radius 2 is 1.80 bits per heavy atom. The lowest BCUT2D eigenvalue weighted by molar-refractivity contribution is 0.432. The Morgan fingerprint density at radius 3 is 2.45 bits per heavy atom. The Labute approximate surface area is 127 Å². The van der Waals surface area contributed by atoms with Crippen LogP contribution in [0.25, 0.3) is 0 Å². The number of anilines is 1. The van der Waals surface area contributed by atoms with E-state index in [1.807, 2.05) is 0 Å². The third-order valence-electron chi connectivity index (χ3n) is 3.65. The summed E-state index contributed by atoms with van der Waals surface area (Å²) in [6, 6.07) is 0. The third-order valence-corrected chi connectivity index (χ3v) is 6.46. The SMILES string of the molecule is O=S(=O)(C1CC1)N1CCCN(c2ncc(Br)cn2)CC1. The maximum Gasteiger partial charge on any atom is 0.225 e. The molecule has 0 aromatic carbocycles. The minimum absolute atomic E-state index is 0.127. The Balaban J connectivity index is 1.69. The standard InChI is InChI=1S/C12H17BrN4O2S/c13-10-8-14-12(15-9-10)16-4-1-5-17(7-6-16)20(18,19)11-2-3-11/h8-9,11H,1-7H2. The molecule has 0 N–H and O–H groups in total. The van der Waals surface area contributed by atoms with Crippen molar-refractivity contribution in [3.8, 4) is 0 Å². The summed E-state index contributed by atoms with van der Waals surface area (Å²) in [6.45, 7) is 2.57. The van der Waals surface area contributed by atoms with Gasteiger partial charge in [0.2, 0.25) is 16.0 Å². The summed E-state index contributed by atoms with van der Waals surface area (Å²) in [5.41, 5.74) is 0. The fraction of sp³-hybridized carbons (Fsp3) is 0.667. The molecule has 1 saturated carbocycles. The molecule has 1 aromatic heterocycles. The predicted octanol–water partition coefficient (Wildman–Crippen LogP) is 1.24. The number of aromatic nitrogens is 2. The van der Waals surface area contributed by atoms with Gasteiger partial charge in [-0.25, -0.2) is 18.4 Å². The van der Waals surface area contributed by atoms with Crippen LogP contribution in [0.2, 0.25) is 0 Å². The molecule has 0 bridgehead atoms. The fourth-order valence-corrected chi connectivity index (χ4v) is 4.47. The Bertz CT molecular complexity index is 574. The highest BCUT2D eigenvalue weighted by Crippen LogP contribution is 2.31. The minimum Gasteiger partial charge on any atom is -0.339 e. The molecule has 0 unspecified atom stereocenters. The second kappa shape index (κ2) is 5.57. The Kier molecular flexibility index (Phi) is 3.96. The molecule has 1 aliphatic heterocycles. The van der Waals surface area contributed by atoms with Gasteiger partial charge >= 0.3 is 0 Å². The van der Waals surface area contributed by atoms with E-state index in [4.69, 9.17) is 0 Å². The van der Waals surface area contributed by atoms with Gasteiger partial charge in [0.1, 0.15) is 0 Å². The predicted molar refractivity (Wildman–Crippen MR) is 80.1 cm³/mol. The number of halogens is 1. The molecule has 2 aliphatic rings. The second-order valence-electron chi connectivity index (χ2n) is 5.19. The summed E-state index contributed by atoms with van der Waals surface area (Å²) < 4.78 is 27.0. The maximum atomic E-state index is 12.3. The Hall–Kier alpha value is -0.730. The monoisotopic (exact) mass is 360 g/mol. The molecule has 2 fully saturated rings. The molecule has 1 saturated heterocycles. The quantitative estimate of drug-likeness (QED) is 0.811. The highest BCUT2D eigenvalue weighted by molar-refractivity contribution is 9.10. The first-order chi connectivity index (χ1) is 9.57. The van der Waals surface area contributed by atoms with Gasteiger partial charge in [0.05, 0.1) is 9.72 Å². The number of hydrogen-bond acceptors (Lipinski definition) is 5. The van der Waals surface area contributed by atoms with E-state index in [1.165, 1.54) is 0 Å². The lowest BCUT2D eigenvalue weighted by Crippen LogP contribution is -2.37. The number of rotatable bonds is 3. The molecular formula is C12H17BrN4O2S. The first-order valence-electron chi connectivity index (χ1n) is 6.79. The van der Waals surface area contributed by atoms with Gasteiger partial charge < -0.3 is 4.90 Å². The number of sulfonamides is 1. The molecule has 0 amide bonds. The smallest absolute Gasteiger partial charge is 0.225 e. The normalized spacial score (nSPS) is 21.8. The van der Waals surface area contributed by atoms with Crippen LogP contribution < -0.4 is 4.90 Å². The zero-order valence-electron chi connectivity index (χ0n) is 11.1. The molecule has 20 heavy (non-hydrogen) atoms. The average Bonchev–Trinajstić information content (AvgIpc) is 3.26. The van der Waals surface area contributed by atoms with Gasteiger partial charge in [0, 0.05) is 38.6 Å². The van der Waals surface area contributed by atoms with E-state index >= 15 is 0 Å². The summed E-state index contributed by atoms with van der Waals surface area (Å²) in [4.78, 5) is 10.6. The number of nitrogens with zero attached hydrogens (tertiary/aromatic N) is 4. The van der Waals surface area contributed by atoms with Crippen molar-refractivity contribution in [2.45, 2.75) is 24.5 Å². The van der Waals surface area contributed by atoms with Gasteiger partial charge in [-0.3, -0.25) is 0 Å². The fourth-order valence-electron chi connectivity index (χ4n) is 2.39. The van der Waals surface area contributed by atoms with E-state index in [0.29, 0.717) is 25.6 Å². The Morgan fingerprint density at radius 1 is 1.10 bits per heavy atom. The van der Waals surface area contributed by atoms with Crippen LogP contribution in [-0.4, -0.2) is 54.1 Å². The van der Waals surface area contributed by atoms with Gasteiger partial charge in [-0.05, 0) is 35.2 Å².